The van der Waals surface area contributed by atoms with Gasteiger partial charge in [-0.15, -0.1) is 0 Å². The highest BCUT2D eigenvalue weighted by atomic mass is 16.1. The zero-order valence-electron chi connectivity index (χ0n) is 15.7. The molecule has 4 aromatic rings. The summed E-state index contributed by atoms with van der Waals surface area (Å²) in [6, 6.07) is 15.1. The minimum absolute atomic E-state index is 0.456. The van der Waals surface area contributed by atoms with Crippen LogP contribution in [0.15, 0.2) is 73.3 Å². The normalized spacial score (nSPS) is 11.8. The van der Waals surface area contributed by atoms with Crippen molar-refractivity contribution in [2.75, 3.05) is 0 Å². The van der Waals surface area contributed by atoms with Gasteiger partial charge < -0.3 is 5.73 Å². The summed E-state index contributed by atoms with van der Waals surface area (Å²) < 4.78 is 0. The monoisotopic (exact) mass is 382 g/mol. The summed E-state index contributed by atoms with van der Waals surface area (Å²) in [5.41, 5.74) is 11.6. The summed E-state index contributed by atoms with van der Waals surface area (Å²) in [7, 11) is 0. The Kier molecular flexibility index (Phi) is 5.03. The van der Waals surface area contributed by atoms with E-state index >= 15 is 0 Å². The third-order valence-corrected chi connectivity index (χ3v) is 4.71. The number of aromatic nitrogens is 5. The summed E-state index contributed by atoms with van der Waals surface area (Å²) in [4.78, 5) is 16.7. The molecule has 142 valence electrons. The molecule has 1 atom stereocenters. The first-order valence-corrected chi connectivity index (χ1v) is 9.04. The Bertz CT molecular complexity index is 1130. The molecule has 1 amide bonds. The molecule has 0 saturated carbocycles. The Morgan fingerprint density at radius 1 is 0.931 bits per heavy atom. The number of pyridine rings is 1. The van der Waals surface area contributed by atoms with Crippen LogP contribution in [0.1, 0.15) is 22.7 Å². The van der Waals surface area contributed by atoms with E-state index < -0.39 is 11.8 Å². The Morgan fingerprint density at radius 3 is 2.45 bits per heavy atom. The van der Waals surface area contributed by atoms with E-state index in [-0.39, 0.29) is 0 Å². The number of hydrogen-bond donors (Lipinski definition) is 1. The number of hydrogen-bond acceptors (Lipinski definition) is 6. The zero-order chi connectivity index (χ0) is 20.2. The van der Waals surface area contributed by atoms with Crippen LogP contribution in [-0.2, 0) is 4.79 Å². The minimum Gasteiger partial charge on any atom is -0.369 e. The second-order valence-electron chi connectivity index (χ2n) is 6.62. The van der Waals surface area contributed by atoms with E-state index in [1.54, 1.807) is 30.9 Å². The molecule has 0 fully saturated rings. The standard InChI is InChI=1S/C22H18N6O/c1-14-11-15(4-6-18(14)16-8-10-25-27-13-16)21(22(23)29)20-7-5-17(12-24-20)19-3-2-9-26-28-19/h2-13,21H,1H3,(H2,23,29). The molecule has 2 N–H and O–H groups in total. The number of carbonyl (C=O) groups is 1. The highest BCUT2D eigenvalue weighted by molar-refractivity contribution is 5.85. The van der Waals surface area contributed by atoms with Crippen molar-refractivity contribution in [3.05, 3.63) is 90.1 Å². The van der Waals surface area contributed by atoms with Gasteiger partial charge in [-0.05, 0) is 53.9 Å². The molecule has 0 aliphatic rings. The molecule has 0 spiro atoms. The third-order valence-electron chi connectivity index (χ3n) is 4.71. The second-order valence-corrected chi connectivity index (χ2v) is 6.62. The van der Waals surface area contributed by atoms with Gasteiger partial charge in [0.15, 0.2) is 0 Å². The van der Waals surface area contributed by atoms with Gasteiger partial charge in [0, 0.05) is 23.5 Å². The zero-order valence-corrected chi connectivity index (χ0v) is 15.7. The van der Waals surface area contributed by atoms with Gasteiger partial charge in [-0.1, -0.05) is 18.2 Å². The summed E-state index contributed by atoms with van der Waals surface area (Å²) in [6.45, 7) is 1.99. The molecular formula is C22H18N6O. The van der Waals surface area contributed by atoms with E-state index in [0.29, 0.717) is 11.4 Å². The summed E-state index contributed by atoms with van der Waals surface area (Å²) >= 11 is 0. The van der Waals surface area contributed by atoms with Gasteiger partial charge in [0.2, 0.25) is 5.91 Å². The third kappa shape index (κ3) is 3.84. The number of rotatable bonds is 5. The van der Waals surface area contributed by atoms with Crippen LogP contribution in [0.3, 0.4) is 0 Å². The van der Waals surface area contributed by atoms with Crippen LogP contribution < -0.4 is 5.73 Å². The van der Waals surface area contributed by atoms with Crippen molar-refractivity contribution in [1.29, 1.82) is 0 Å². The van der Waals surface area contributed by atoms with Gasteiger partial charge in [0.05, 0.1) is 23.8 Å². The van der Waals surface area contributed by atoms with Crippen molar-refractivity contribution < 1.29 is 4.79 Å². The molecule has 0 bridgehead atoms. The topological polar surface area (TPSA) is 108 Å². The average Bonchev–Trinajstić information content (AvgIpc) is 2.75. The molecule has 0 saturated heterocycles. The summed E-state index contributed by atoms with van der Waals surface area (Å²) in [5, 5.41) is 15.7. The molecule has 3 heterocycles. The van der Waals surface area contributed by atoms with Gasteiger partial charge >= 0.3 is 0 Å². The van der Waals surface area contributed by atoms with E-state index in [2.05, 4.69) is 25.4 Å². The van der Waals surface area contributed by atoms with Crippen molar-refractivity contribution in [3.63, 3.8) is 0 Å². The largest absolute Gasteiger partial charge is 0.369 e. The number of benzene rings is 1. The van der Waals surface area contributed by atoms with Crippen molar-refractivity contribution in [1.82, 2.24) is 25.4 Å². The Morgan fingerprint density at radius 2 is 1.83 bits per heavy atom. The number of nitrogens with zero attached hydrogens (tertiary/aromatic N) is 5. The maximum atomic E-state index is 12.3. The Hall–Kier alpha value is -4.00. The molecule has 7 heteroatoms. The molecule has 0 radical (unpaired) electrons. The van der Waals surface area contributed by atoms with Crippen LogP contribution in [0.5, 0.6) is 0 Å². The van der Waals surface area contributed by atoms with Gasteiger partial charge in [-0.25, -0.2) is 0 Å². The first kappa shape index (κ1) is 18.4. The van der Waals surface area contributed by atoms with E-state index in [1.807, 2.05) is 49.4 Å². The van der Waals surface area contributed by atoms with Crippen molar-refractivity contribution in [3.8, 4) is 22.4 Å². The molecule has 1 aromatic carbocycles. The van der Waals surface area contributed by atoms with E-state index in [4.69, 9.17) is 5.73 Å². The first-order valence-electron chi connectivity index (χ1n) is 9.04. The molecule has 0 aliphatic heterocycles. The fraction of sp³-hybridized carbons (Fsp3) is 0.0909. The van der Waals surface area contributed by atoms with Crippen molar-refractivity contribution in [2.45, 2.75) is 12.8 Å². The van der Waals surface area contributed by atoms with Crippen LogP contribution in [-0.4, -0.2) is 31.3 Å². The Balaban J connectivity index is 1.68. The SMILES string of the molecule is Cc1cc(C(C(N)=O)c2ccc(-c3cccnn3)cn2)ccc1-c1ccnnc1. The highest BCUT2D eigenvalue weighted by Gasteiger charge is 2.22. The second kappa shape index (κ2) is 7.93. The van der Waals surface area contributed by atoms with Crippen LogP contribution in [0, 0.1) is 6.92 Å². The number of aryl methyl sites for hydroxylation is 1. The lowest BCUT2D eigenvalue weighted by molar-refractivity contribution is -0.118. The smallest absolute Gasteiger partial charge is 0.231 e. The molecule has 4 rings (SSSR count). The fourth-order valence-corrected chi connectivity index (χ4v) is 3.30. The minimum atomic E-state index is -0.644. The molecular weight excluding hydrogens is 364 g/mol. The lowest BCUT2D eigenvalue weighted by Crippen LogP contribution is -2.23. The maximum Gasteiger partial charge on any atom is 0.231 e. The Labute approximate surface area is 167 Å². The van der Waals surface area contributed by atoms with E-state index in [1.165, 1.54) is 0 Å². The fourth-order valence-electron chi connectivity index (χ4n) is 3.30. The highest BCUT2D eigenvalue weighted by Crippen LogP contribution is 2.29. The lowest BCUT2D eigenvalue weighted by atomic mass is 9.90. The predicted molar refractivity (Wildman–Crippen MR) is 109 cm³/mol. The predicted octanol–water partition coefficient (Wildman–Crippen LogP) is 2.92. The number of nitrogens with two attached hydrogens (primary N) is 1. The average molecular weight is 382 g/mol. The van der Waals surface area contributed by atoms with Crippen LogP contribution in [0.4, 0.5) is 0 Å². The van der Waals surface area contributed by atoms with E-state index in [9.17, 15) is 4.79 Å². The van der Waals surface area contributed by atoms with Gasteiger partial charge in [0.25, 0.3) is 0 Å². The van der Waals surface area contributed by atoms with Gasteiger partial charge in [-0.2, -0.15) is 20.4 Å². The van der Waals surface area contributed by atoms with Crippen LogP contribution in [0.2, 0.25) is 0 Å². The van der Waals surface area contributed by atoms with Crippen molar-refractivity contribution in [2.24, 2.45) is 5.73 Å². The summed E-state index contributed by atoms with van der Waals surface area (Å²) in [5.74, 6) is -1.10. The summed E-state index contributed by atoms with van der Waals surface area (Å²) in [6.07, 6.45) is 6.65. The number of amides is 1. The molecule has 7 nitrogen and oxygen atoms in total. The lowest BCUT2D eigenvalue weighted by Gasteiger charge is -2.16. The van der Waals surface area contributed by atoms with Gasteiger partial charge in [0.1, 0.15) is 5.92 Å². The quantitative estimate of drug-likeness (QED) is 0.569. The first-order chi connectivity index (χ1) is 14.1. The number of primary amides is 1. The number of carbonyl (C=O) groups excluding carboxylic acids is 1. The maximum absolute atomic E-state index is 12.3. The molecule has 3 aromatic heterocycles. The van der Waals surface area contributed by atoms with Gasteiger partial charge in [-0.3, -0.25) is 9.78 Å². The van der Waals surface area contributed by atoms with Crippen LogP contribution in [0.25, 0.3) is 22.4 Å². The van der Waals surface area contributed by atoms with Crippen molar-refractivity contribution >= 4 is 5.91 Å². The molecule has 29 heavy (non-hydrogen) atoms. The molecule has 1 unspecified atom stereocenters. The van der Waals surface area contributed by atoms with Crippen LogP contribution >= 0.6 is 0 Å². The van der Waals surface area contributed by atoms with E-state index in [0.717, 1.165) is 27.8 Å². The molecule has 0 aliphatic carbocycles.